The fourth-order valence-electron chi connectivity index (χ4n) is 4.40. The second kappa shape index (κ2) is 10.2. The fraction of sp³-hybridized carbons (Fsp3) is 0.310. The summed E-state index contributed by atoms with van der Waals surface area (Å²) in [5, 5.41) is 2.67. The zero-order valence-corrected chi connectivity index (χ0v) is 20.5. The third-order valence-electron chi connectivity index (χ3n) is 5.91. The van der Waals surface area contributed by atoms with Gasteiger partial charge in [0.15, 0.2) is 0 Å². The van der Waals surface area contributed by atoms with E-state index in [0.29, 0.717) is 0 Å². The molecule has 1 atom stereocenters. The van der Waals surface area contributed by atoms with E-state index in [1.54, 1.807) is 0 Å². The van der Waals surface area contributed by atoms with Gasteiger partial charge in [-0.15, -0.1) is 0 Å². The number of nitrogens with one attached hydrogen (secondary N) is 1. The average Bonchev–Trinajstić information content (AvgIpc) is 3.16. The highest BCUT2D eigenvalue weighted by Gasteiger charge is 2.30. The molecule has 35 heavy (non-hydrogen) atoms. The summed E-state index contributed by atoms with van der Waals surface area (Å²) in [5.74, 6) is 0.147. The number of esters is 1. The van der Waals surface area contributed by atoms with E-state index in [1.807, 2.05) is 69.3 Å². The number of alkyl carbamates (subject to hydrolysis) is 1. The molecule has 0 saturated heterocycles. The second-order valence-corrected chi connectivity index (χ2v) is 9.61. The number of fused-ring (bicyclic) bond motifs is 3. The minimum atomic E-state index is -0.870. The first kappa shape index (κ1) is 24.3. The first-order valence-corrected chi connectivity index (χ1v) is 11.7. The van der Waals surface area contributed by atoms with E-state index in [4.69, 9.17) is 14.2 Å². The number of hydrogen-bond donors (Lipinski definition) is 1. The summed E-state index contributed by atoms with van der Waals surface area (Å²) in [5.41, 5.74) is 5.13. The lowest BCUT2D eigenvalue weighted by atomic mass is 9.98. The lowest BCUT2D eigenvalue weighted by Crippen LogP contribution is -2.43. The lowest BCUT2D eigenvalue weighted by Gasteiger charge is -2.21. The molecule has 3 aromatic rings. The Kier molecular flexibility index (Phi) is 7.10. The van der Waals surface area contributed by atoms with Crippen molar-refractivity contribution in [1.82, 2.24) is 5.32 Å². The number of carbonyl (C=O) groups excluding carboxylic acids is 2. The van der Waals surface area contributed by atoms with Crippen LogP contribution in [0.25, 0.3) is 11.1 Å². The molecule has 1 aliphatic carbocycles. The fourth-order valence-corrected chi connectivity index (χ4v) is 4.40. The standard InChI is InChI=1S/C29H31NO5/c1-29(2,3)35-20-15-13-19(14-16-20)17-26(27(31)33-4)30-28(32)34-18-25-23-11-7-5-9-21(23)22-10-6-8-12-24(22)25/h5-16,25-26H,17-18H2,1-4H3,(H,30,32). The average molecular weight is 474 g/mol. The van der Waals surface area contributed by atoms with Gasteiger partial charge in [-0.25, -0.2) is 9.59 Å². The van der Waals surface area contributed by atoms with E-state index in [0.717, 1.165) is 33.6 Å². The van der Waals surface area contributed by atoms with Crippen molar-refractivity contribution in [2.24, 2.45) is 0 Å². The van der Waals surface area contributed by atoms with E-state index in [9.17, 15) is 9.59 Å². The van der Waals surface area contributed by atoms with Crippen LogP contribution in [0.2, 0.25) is 0 Å². The largest absolute Gasteiger partial charge is 0.488 e. The lowest BCUT2D eigenvalue weighted by molar-refractivity contribution is -0.143. The van der Waals surface area contributed by atoms with Crippen LogP contribution in [0.1, 0.15) is 43.4 Å². The highest BCUT2D eigenvalue weighted by Crippen LogP contribution is 2.44. The maximum absolute atomic E-state index is 12.7. The molecule has 0 saturated carbocycles. The number of carbonyl (C=O) groups is 2. The Morgan fingerprint density at radius 3 is 2.00 bits per heavy atom. The first-order valence-electron chi connectivity index (χ1n) is 11.7. The van der Waals surface area contributed by atoms with Gasteiger partial charge in [-0.1, -0.05) is 60.7 Å². The van der Waals surface area contributed by atoms with Crippen LogP contribution in [0.3, 0.4) is 0 Å². The Hall–Kier alpha value is -3.80. The zero-order chi connectivity index (χ0) is 25.0. The first-order chi connectivity index (χ1) is 16.7. The summed E-state index contributed by atoms with van der Waals surface area (Å²) in [6.45, 7) is 6.11. The van der Waals surface area contributed by atoms with Crippen LogP contribution in [0.4, 0.5) is 4.79 Å². The highest BCUT2D eigenvalue weighted by molar-refractivity contribution is 5.82. The number of rotatable bonds is 7. The predicted octanol–water partition coefficient (Wildman–Crippen LogP) is 5.49. The minimum absolute atomic E-state index is 0.0555. The molecule has 1 N–H and O–H groups in total. The Balaban J connectivity index is 1.40. The van der Waals surface area contributed by atoms with Crippen LogP contribution in [-0.4, -0.2) is 37.4 Å². The number of hydrogen-bond acceptors (Lipinski definition) is 5. The second-order valence-electron chi connectivity index (χ2n) is 9.61. The smallest absolute Gasteiger partial charge is 0.407 e. The van der Waals surface area contributed by atoms with E-state index < -0.39 is 18.1 Å². The minimum Gasteiger partial charge on any atom is -0.488 e. The van der Waals surface area contributed by atoms with Crippen molar-refractivity contribution in [3.63, 3.8) is 0 Å². The summed E-state index contributed by atoms with van der Waals surface area (Å²) < 4.78 is 16.4. The molecular formula is C29H31NO5. The normalized spacial score (nSPS) is 13.4. The van der Waals surface area contributed by atoms with Crippen LogP contribution < -0.4 is 10.1 Å². The van der Waals surface area contributed by atoms with Gasteiger partial charge in [0.2, 0.25) is 0 Å². The summed E-state index contributed by atoms with van der Waals surface area (Å²) >= 11 is 0. The zero-order valence-electron chi connectivity index (χ0n) is 20.5. The van der Waals surface area contributed by atoms with Crippen LogP contribution in [-0.2, 0) is 20.7 Å². The van der Waals surface area contributed by atoms with Gasteiger partial charge in [-0.2, -0.15) is 0 Å². The van der Waals surface area contributed by atoms with Crippen molar-refractivity contribution in [2.75, 3.05) is 13.7 Å². The summed E-state index contributed by atoms with van der Waals surface area (Å²) in [7, 11) is 1.30. The van der Waals surface area contributed by atoms with Gasteiger partial charge in [-0.3, -0.25) is 0 Å². The molecule has 182 valence electrons. The van der Waals surface area contributed by atoms with Gasteiger partial charge in [0.1, 0.15) is 24.0 Å². The number of amides is 1. The van der Waals surface area contributed by atoms with Gasteiger partial charge in [0.25, 0.3) is 0 Å². The van der Waals surface area contributed by atoms with Crippen LogP contribution in [0, 0.1) is 0 Å². The third-order valence-corrected chi connectivity index (χ3v) is 5.91. The number of ether oxygens (including phenoxy) is 3. The van der Waals surface area contributed by atoms with E-state index >= 15 is 0 Å². The van der Waals surface area contributed by atoms with Gasteiger partial charge in [0.05, 0.1) is 7.11 Å². The predicted molar refractivity (Wildman–Crippen MR) is 135 cm³/mol. The van der Waals surface area contributed by atoms with Crippen molar-refractivity contribution in [3.05, 3.63) is 89.5 Å². The monoisotopic (exact) mass is 473 g/mol. The van der Waals surface area contributed by atoms with Crippen LogP contribution >= 0.6 is 0 Å². The molecule has 0 bridgehead atoms. The van der Waals surface area contributed by atoms with Crippen molar-refractivity contribution in [2.45, 2.75) is 44.8 Å². The molecule has 0 radical (unpaired) electrons. The highest BCUT2D eigenvalue weighted by atomic mass is 16.6. The molecule has 0 heterocycles. The topological polar surface area (TPSA) is 73.9 Å². The van der Waals surface area contributed by atoms with Crippen molar-refractivity contribution in [1.29, 1.82) is 0 Å². The van der Waals surface area contributed by atoms with Gasteiger partial charge < -0.3 is 19.5 Å². The molecule has 0 spiro atoms. The van der Waals surface area contributed by atoms with E-state index in [-0.39, 0.29) is 24.5 Å². The molecule has 0 fully saturated rings. The Morgan fingerprint density at radius 1 is 0.886 bits per heavy atom. The Bertz CT molecular complexity index is 1150. The molecular weight excluding hydrogens is 442 g/mol. The number of benzene rings is 3. The number of methoxy groups -OCH3 is 1. The maximum Gasteiger partial charge on any atom is 0.407 e. The van der Waals surface area contributed by atoms with E-state index in [1.165, 1.54) is 7.11 Å². The van der Waals surface area contributed by atoms with Gasteiger partial charge in [-0.05, 0) is 60.7 Å². The molecule has 0 aromatic heterocycles. The molecule has 1 unspecified atom stereocenters. The summed E-state index contributed by atoms with van der Waals surface area (Å²) in [6, 6.07) is 22.9. The van der Waals surface area contributed by atoms with Gasteiger partial charge in [0, 0.05) is 12.3 Å². The molecule has 1 amide bonds. The van der Waals surface area contributed by atoms with Crippen molar-refractivity contribution >= 4 is 12.1 Å². The van der Waals surface area contributed by atoms with Crippen molar-refractivity contribution in [3.8, 4) is 16.9 Å². The van der Waals surface area contributed by atoms with Crippen LogP contribution in [0.15, 0.2) is 72.8 Å². The molecule has 0 aliphatic heterocycles. The maximum atomic E-state index is 12.7. The van der Waals surface area contributed by atoms with Crippen LogP contribution in [0.5, 0.6) is 5.75 Å². The summed E-state index contributed by atoms with van der Waals surface area (Å²) in [6.07, 6.45) is -0.387. The molecule has 4 rings (SSSR count). The SMILES string of the molecule is COC(=O)C(Cc1ccc(OC(C)(C)C)cc1)NC(=O)OCC1c2ccccc2-c2ccccc21. The third kappa shape index (κ3) is 5.83. The Labute approximate surface area is 206 Å². The van der Waals surface area contributed by atoms with Crippen molar-refractivity contribution < 1.29 is 23.8 Å². The molecule has 6 heteroatoms. The van der Waals surface area contributed by atoms with E-state index in [2.05, 4.69) is 29.6 Å². The molecule has 6 nitrogen and oxygen atoms in total. The Morgan fingerprint density at radius 2 is 1.46 bits per heavy atom. The summed E-state index contributed by atoms with van der Waals surface area (Å²) in [4.78, 5) is 25.1. The van der Waals surface area contributed by atoms with Gasteiger partial charge >= 0.3 is 12.1 Å². The quantitative estimate of drug-likeness (QED) is 0.460. The molecule has 3 aromatic carbocycles. The molecule has 1 aliphatic rings.